The number of amides is 1. The van der Waals surface area contributed by atoms with Gasteiger partial charge in [-0.25, -0.2) is 4.63 Å². The zero-order valence-electron chi connectivity index (χ0n) is 8.34. The number of thiophene rings is 1. The predicted molar refractivity (Wildman–Crippen MR) is 59.1 cm³/mol. The number of nitrogens with one attached hydrogen (secondary N) is 1. The lowest BCUT2D eigenvalue weighted by molar-refractivity contribution is 0.0945. The minimum Gasteiger partial charge on any atom is -0.379 e. The molecule has 0 atom stereocenters. The van der Waals surface area contributed by atoms with Gasteiger partial charge in [0.15, 0.2) is 0 Å². The molecular formula is C9H10N4O2S. The van der Waals surface area contributed by atoms with Gasteiger partial charge in [0.2, 0.25) is 11.5 Å². The minimum atomic E-state index is -0.367. The summed E-state index contributed by atoms with van der Waals surface area (Å²) in [4.78, 5) is 11.5. The molecular weight excluding hydrogens is 228 g/mol. The first-order valence-corrected chi connectivity index (χ1v) is 5.59. The standard InChI is InChI=1S/C9H10N4O2S/c10-8-7(12-15-13-8)9(14)11-3-1-6-2-4-16-5-6/h2,4-5H,1,3H2,(H2,10,13)(H,11,14). The minimum absolute atomic E-state index is 0.00744. The Labute approximate surface area is 95.4 Å². The van der Waals surface area contributed by atoms with Crippen LogP contribution in [0.15, 0.2) is 21.5 Å². The van der Waals surface area contributed by atoms with Gasteiger partial charge in [-0.3, -0.25) is 4.79 Å². The summed E-state index contributed by atoms with van der Waals surface area (Å²) in [5, 5.41) is 13.5. The first-order valence-electron chi connectivity index (χ1n) is 4.64. The second-order valence-electron chi connectivity index (χ2n) is 3.14. The molecule has 0 aromatic carbocycles. The fourth-order valence-corrected chi connectivity index (χ4v) is 1.90. The molecule has 0 saturated carbocycles. The molecule has 0 fully saturated rings. The van der Waals surface area contributed by atoms with Crippen LogP contribution in [0.25, 0.3) is 0 Å². The number of aromatic nitrogens is 2. The summed E-state index contributed by atoms with van der Waals surface area (Å²) >= 11 is 1.63. The molecule has 0 unspecified atom stereocenters. The highest BCUT2D eigenvalue weighted by Crippen LogP contribution is 2.06. The van der Waals surface area contributed by atoms with Crippen molar-refractivity contribution in [1.82, 2.24) is 15.6 Å². The molecule has 2 rings (SSSR count). The molecule has 0 aliphatic rings. The van der Waals surface area contributed by atoms with Gasteiger partial charge >= 0.3 is 0 Å². The van der Waals surface area contributed by atoms with Crippen LogP contribution in [-0.2, 0) is 6.42 Å². The van der Waals surface area contributed by atoms with E-state index in [4.69, 9.17) is 5.73 Å². The van der Waals surface area contributed by atoms with Crippen molar-refractivity contribution >= 4 is 23.1 Å². The Balaban J connectivity index is 1.83. The van der Waals surface area contributed by atoms with E-state index in [0.717, 1.165) is 6.42 Å². The van der Waals surface area contributed by atoms with E-state index in [9.17, 15) is 4.79 Å². The predicted octanol–water partition coefficient (Wildman–Crippen LogP) is 0.686. The molecule has 3 N–H and O–H groups in total. The summed E-state index contributed by atoms with van der Waals surface area (Å²) in [5.41, 5.74) is 6.61. The molecule has 0 spiro atoms. The lowest BCUT2D eigenvalue weighted by atomic mass is 10.2. The average Bonchev–Trinajstić information content (AvgIpc) is 2.88. The lowest BCUT2D eigenvalue weighted by Crippen LogP contribution is -2.26. The normalized spacial score (nSPS) is 10.2. The maximum atomic E-state index is 11.5. The van der Waals surface area contributed by atoms with Gasteiger partial charge in [-0.05, 0) is 39.1 Å². The average molecular weight is 238 g/mol. The number of anilines is 1. The fourth-order valence-electron chi connectivity index (χ4n) is 1.19. The maximum Gasteiger partial charge on any atom is 0.277 e. The SMILES string of the molecule is Nc1nonc1C(=O)NCCc1ccsc1. The molecule has 7 heteroatoms. The van der Waals surface area contributed by atoms with Crippen molar-refractivity contribution in [3.8, 4) is 0 Å². The van der Waals surface area contributed by atoms with Crippen LogP contribution in [0.3, 0.4) is 0 Å². The van der Waals surface area contributed by atoms with Crippen LogP contribution >= 0.6 is 11.3 Å². The van der Waals surface area contributed by atoms with Crippen LogP contribution in [0.1, 0.15) is 16.1 Å². The fraction of sp³-hybridized carbons (Fsp3) is 0.222. The van der Waals surface area contributed by atoms with Crippen molar-refractivity contribution in [2.24, 2.45) is 0 Å². The number of nitrogen functional groups attached to an aromatic ring is 1. The maximum absolute atomic E-state index is 11.5. The molecule has 6 nitrogen and oxygen atoms in total. The van der Waals surface area contributed by atoms with Crippen LogP contribution in [0.4, 0.5) is 5.82 Å². The molecule has 16 heavy (non-hydrogen) atoms. The van der Waals surface area contributed by atoms with Crippen LogP contribution < -0.4 is 11.1 Å². The number of nitrogens with zero attached hydrogens (tertiary/aromatic N) is 2. The van der Waals surface area contributed by atoms with Gasteiger partial charge < -0.3 is 11.1 Å². The quantitative estimate of drug-likeness (QED) is 0.817. The van der Waals surface area contributed by atoms with Gasteiger partial charge in [0, 0.05) is 6.54 Å². The molecule has 1 amide bonds. The van der Waals surface area contributed by atoms with Gasteiger partial charge in [0.05, 0.1) is 0 Å². The van der Waals surface area contributed by atoms with Crippen molar-refractivity contribution in [2.75, 3.05) is 12.3 Å². The highest BCUT2D eigenvalue weighted by molar-refractivity contribution is 7.07. The van der Waals surface area contributed by atoms with E-state index in [1.54, 1.807) is 11.3 Å². The molecule has 0 aliphatic carbocycles. The van der Waals surface area contributed by atoms with E-state index in [2.05, 4.69) is 20.3 Å². The Bertz CT molecular complexity index is 466. The van der Waals surface area contributed by atoms with Gasteiger partial charge in [-0.2, -0.15) is 11.3 Å². The number of rotatable bonds is 4. The smallest absolute Gasteiger partial charge is 0.277 e. The molecule has 0 radical (unpaired) electrons. The second-order valence-corrected chi connectivity index (χ2v) is 3.92. The van der Waals surface area contributed by atoms with Crippen LogP contribution in [0.2, 0.25) is 0 Å². The number of nitrogens with two attached hydrogens (primary N) is 1. The van der Waals surface area contributed by atoms with Crippen LogP contribution in [0.5, 0.6) is 0 Å². The summed E-state index contributed by atoms with van der Waals surface area (Å²) < 4.78 is 4.33. The van der Waals surface area contributed by atoms with Crippen molar-refractivity contribution in [3.05, 3.63) is 28.1 Å². The number of hydrogen-bond acceptors (Lipinski definition) is 6. The molecule has 0 aliphatic heterocycles. The van der Waals surface area contributed by atoms with Crippen molar-refractivity contribution in [1.29, 1.82) is 0 Å². The Kier molecular flexibility index (Phi) is 3.16. The van der Waals surface area contributed by atoms with Gasteiger partial charge in [-0.1, -0.05) is 0 Å². The molecule has 2 aromatic heterocycles. The van der Waals surface area contributed by atoms with E-state index in [1.165, 1.54) is 5.56 Å². The number of hydrogen-bond donors (Lipinski definition) is 2. The summed E-state index contributed by atoms with van der Waals surface area (Å²) in [6.07, 6.45) is 0.778. The first-order chi connectivity index (χ1) is 7.77. The second kappa shape index (κ2) is 4.75. The molecule has 2 aromatic rings. The van der Waals surface area contributed by atoms with Crippen LogP contribution in [0, 0.1) is 0 Å². The zero-order valence-corrected chi connectivity index (χ0v) is 9.16. The Morgan fingerprint density at radius 1 is 1.56 bits per heavy atom. The monoisotopic (exact) mass is 238 g/mol. The van der Waals surface area contributed by atoms with E-state index in [1.807, 2.05) is 16.8 Å². The van der Waals surface area contributed by atoms with Crippen molar-refractivity contribution < 1.29 is 9.42 Å². The van der Waals surface area contributed by atoms with Crippen LogP contribution in [-0.4, -0.2) is 22.8 Å². The number of carbonyl (C=O) groups excluding carboxylic acids is 1. The summed E-state index contributed by atoms with van der Waals surface area (Å²) in [6.45, 7) is 0.530. The van der Waals surface area contributed by atoms with Gasteiger partial charge in [0.25, 0.3) is 5.91 Å². The summed E-state index contributed by atoms with van der Waals surface area (Å²) in [5.74, 6) is -0.359. The third-order valence-corrected chi connectivity index (χ3v) is 2.74. The molecule has 0 saturated heterocycles. The molecule has 2 heterocycles. The van der Waals surface area contributed by atoms with Crippen molar-refractivity contribution in [3.63, 3.8) is 0 Å². The third-order valence-electron chi connectivity index (χ3n) is 2.01. The topological polar surface area (TPSA) is 94.0 Å². The van der Waals surface area contributed by atoms with Gasteiger partial charge in [-0.15, -0.1) is 0 Å². The summed E-state index contributed by atoms with van der Waals surface area (Å²) in [6, 6.07) is 2.02. The van der Waals surface area contributed by atoms with E-state index < -0.39 is 0 Å². The van der Waals surface area contributed by atoms with E-state index in [0.29, 0.717) is 6.54 Å². The largest absolute Gasteiger partial charge is 0.379 e. The van der Waals surface area contributed by atoms with E-state index >= 15 is 0 Å². The molecule has 0 bridgehead atoms. The summed E-state index contributed by atoms with van der Waals surface area (Å²) in [7, 11) is 0. The lowest BCUT2D eigenvalue weighted by Gasteiger charge is -2.01. The van der Waals surface area contributed by atoms with E-state index in [-0.39, 0.29) is 17.4 Å². The first kappa shape index (κ1) is 10.6. The Hall–Kier alpha value is -1.89. The highest BCUT2D eigenvalue weighted by Gasteiger charge is 2.14. The molecule has 84 valence electrons. The number of carbonyl (C=O) groups is 1. The zero-order chi connectivity index (χ0) is 11.4. The highest BCUT2D eigenvalue weighted by atomic mass is 32.1. The Morgan fingerprint density at radius 3 is 3.06 bits per heavy atom. The van der Waals surface area contributed by atoms with Crippen molar-refractivity contribution in [2.45, 2.75) is 6.42 Å². The third kappa shape index (κ3) is 2.37. The van der Waals surface area contributed by atoms with Gasteiger partial charge in [0.1, 0.15) is 0 Å². The Morgan fingerprint density at radius 2 is 2.44 bits per heavy atom.